The zero-order chi connectivity index (χ0) is 12.1. The predicted molar refractivity (Wildman–Crippen MR) is 66.2 cm³/mol. The first-order chi connectivity index (χ1) is 8.84. The summed E-state index contributed by atoms with van der Waals surface area (Å²) in [6, 6.07) is 0. The first kappa shape index (κ1) is 10.3. The monoisotopic (exact) mass is 244 g/mol. The van der Waals surface area contributed by atoms with E-state index < -0.39 is 0 Å². The number of nitrogens with zero attached hydrogens (tertiary/aromatic N) is 3. The molecule has 0 aromatic carbocycles. The van der Waals surface area contributed by atoms with E-state index in [1.165, 1.54) is 22.5 Å². The zero-order valence-electron chi connectivity index (χ0n) is 10.5. The minimum absolute atomic E-state index is 0.899. The van der Waals surface area contributed by atoms with Crippen molar-refractivity contribution in [2.75, 3.05) is 6.54 Å². The highest BCUT2D eigenvalue weighted by Crippen LogP contribution is 2.34. The number of nitrogens with one attached hydrogen (secondary N) is 1. The molecule has 4 heterocycles. The molecular formula is C13H16N4O. The Balaban J connectivity index is 1.99. The van der Waals surface area contributed by atoms with E-state index in [1.807, 2.05) is 6.92 Å². The van der Waals surface area contributed by atoms with Crippen LogP contribution >= 0.6 is 0 Å². The van der Waals surface area contributed by atoms with Gasteiger partial charge in [0.15, 0.2) is 0 Å². The molecule has 5 nitrogen and oxygen atoms in total. The van der Waals surface area contributed by atoms with Crippen LogP contribution in [0.1, 0.15) is 29.0 Å². The summed E-state index contributed by atoms with van der Waals surface area (Å²) in [7, 11) is 0. The largest absolute Gasteiger partial charge is 0.361 e. The molecule has 0 unspecified atom stereocenters. The Morgan fingerprint density at radius 2 is 2.22 bits per heavy atom. The Hall–Kier alpha value is -1.62. The number of hydrogen-bond donors (Lipinski definition) is 1. The molecule has 2 aliphatic rings. The third kappa shape index (κ3) is 1.31. The van der Waals surface area contributed by atoms with E-state index >= 15 is 0 Å². The molecule has 1 N–H and O–H groups in total. The van der Waals surface area contributed by atoms with Gasteiger partial charge >= 0.3 is 0 Å². The van der Waals surface area contributed by atoms with Gasteiger partial charge in [-0.3, -0.25) is 4.68 Å². The number of rotatable bonds is 0. The molecule has 0 bridgehead atoms. The second-order valence-electron chi connectivity index (χ2n) is 5.09. The standard InChI is InChI=1S/C13H16N4O/c1-8-9-3-2-6-17-13(12(9)16-18-8)10-7-14-5-4-11(10)15-17/h14H,2-7H2,1H3. The molecule has 0 atom stereocenters. The summed E-state index contributed by atoms with van der Waals surface area (Å²) in [5, 5.41) is 12.5. The fourth-order valence-corrected chi connectivity index (χ4v) is 3.06. The van der Waals surface area contributed by atoms with E-state index in [2.05, 4.69) is 15.2 Å². The van der Waals surface area contributed by atoms with E-state index in [0.717, 1.165) is 50.4 Å². The fourth-order valence-electron chi connectivity index (χ4n) is 3.06. The third-order valence-corrected chi connectivity index (χ3v) is 3.98. The summed E-state index contributed by atoms with van der Waals surface area (Å²) in [6.45, 7) is 4.91. The van der Waals surface area contributed by atoms with Gasteiger partial charge in [0.2, 0.25) is 0 Å². The molecule has 0 radical (unpaired) electrons. The summed E-state index contributed by atoms with van der Waals surface area (Å²) >= 11 is 0. The Kier molecular flexibility index (Phi) is 2.11. The summed E-state index contributed by atoms with van der Waals surface area (Å²) in [6.07, 6.45) is 3.16. The van der Waals surface area contributed by atoms with Gasteiger partial charge in [-0.1, -0.05) is 5.16 Å². The number of aromatic nitrogens is 3. The van der Waals surface area contributed by atoms with E-state index in [-0.39, 0.29) is 0 Å². The Bertz CT molecular complexity index is 611. The van der Waals surface area contributed by atoms with Crippen LogP contribution in [0.3, 0.4) is 0 Å². The van der Waals surface area contributed by atoms with Crippen LogP contribution in [0.5, 0.6) is 0 Å². The predicted octanol–water partition coefficient (Wildman–Crippen LogP) is 1.44. The quantitative estimate of drug-likeness (QED) is 0.762. The lowest BCUT2D eigenvalue weighted by atomic mass is 10.0. The van der Waals surface area contributed by atoms with Gasteiger partial charge in [0, 0.05) is 37.2 Å². The molecule has 0 aliphatic carbocycles. The van der Waals surface area contributed by atoms with Gasteiger partial charge in [0.05, 0.1) is 11.4 Å². The van der Waals surface area contributed by atoms with Gasteiger partial charge in [-0.05, 0) is 19.8 Å². The molecular weight excluding hydrogens is 228 g/mol. The molecule has 0 saturated heterocycles. The van der Waals surface area contributed by atoms with Crippen LogP contribution in [-0.4, -0.2) is 21.5 Å². The lowest BCUT2D eigenvalue weighted by molar-refractivity contribution is 0.396. The molecule has 2 aromatic heterocycles. The topological polar surface area (TPSA) is 55.9 Å². The van der Waals surface area contributed by atoms with Gasteiger partial charge in [0.1, 0.15) is 11.5 Å². The van der Waals surface area contributed by atoms with Crippen molar-refractivity contribution >= 4 is 0 Å². The minimum atomic E-state index is 0.899. The smallest absolute Gasteiger partial charge is 0.137 e. The van der Waals surface area contributed by atoms with Crippen molar-refractivity contribution in [2.24, 2.45) is 0 Å². The van der Waals surface area contributed by atoms with Crippen molar-refractivity contribution in [3.8, 4) is 11.4 Å². The van der Waals surface area contributed by atoms with Gasteiger partial charge in [-0.2, -0.15) is 5.10 Å². The highest BCUT2D eigenvalue weighted by Gasteiger charge is 2.28. The Labute approximate surface area is 105 Å². The van der Waals surface area contributed by atoms with Crippen LogP contribution in [0.25, 0.3) is 11.4 Å². The SMILES string of the molecule is Cc1onc2c1CCCn1nc3c(c1-2)CNCC3. The molecule has 4 rings (SSSR count). The van der Waals surface area contributed by atoms with E-state index in [0.29, 0.717) is 0 Å². The third-order valence-electron chi connectivity index (χ3n) is 3.98. The molecule has 0 saturated carbocycles. The van der Waals surface area contributed by atoms with E-state index in [1.54, 1.807) is 0 Å². The molecule has 5 heteroatoms. The van der Waals surface area contributed by atoms with Crippen LogP contribution in [0, 0.1) is 6.92 Å². The van der Waals surface area contributed by atoms with E-state index in [4.69, 9.17) is 9.62 Å². The highest BCUT2D eigenvalue weighted by molar-refractivity contribution is 5.65. The second-order valence-corrected chi connectivity index (χ2v) is 5.09. The van der Waals surface area contributed by atoms with Crippen LogP contribution in [0.4, 0.5) is 0 Å². The van der Waals surface area contributed by atoms with Crippen molar-refractivity contribution in [2.45, 2.75) is 39.3 Å². The molecule has 2 aliphatic heterocycles. The van der Waals surface area contributed by atoms with Crippen LogP contribution < -0.4 is 5.32 Å². The second kappa shape index (κ2) is 3.68. The molecule has 94 valence electrons. The fraction of sp³-hybridized carbons (Fsp3) is 0.538. The lowest BCUT2D eigenvalue weighted by Gasteiger charge is -2.12. The van der Waals surface area contributed by atoms with Gasteiger partial charge < -0.3 is 9.84 Å². The van der Waals surface area contributed by atoms with Crippen molar-refractivity contribution in [1.82, 2.24) is 20.3 Å². The molecule has 0 fully saturated rings. The number of hydrogen-bond acceptors (Lipinski definition) is 4. The number of fused-ring (bicyclic) bond motifs is 5. The summed E-state index contributed by atoms with van der Waals surface area (Å²) in [5.41, 5.74) is 6.01. The van der Waals surface area contributed by atoms with Crippen LogP contribution in [0.15, 0.2) is 4.52 Å². The van der Waals surface area contributed by atoms with E-state index in [9.17, 15) is 0 Å². The summed E-state index contributed by atoms with van der Waals surface area (Å²) < 4.78 is 7.51. The molecule has 2 aromatic rings. The normalized spacial score (nSPS) is 17.8. The molecule has 0 amide bonds. The van der Waals surface area contributed by atoms with Crippen LogP contribution in [-0.2, 0) is 25.9 Å². The maximum atomic E-state index is 5.38. The van der Waals surface area contributed by atoms with Gasteiger partial charge in [-0.25, -0.2) is 0 Å². The van der Waals surface area contributed by atoms with Gasteiger partial charge in [-0.15, -0.1) is 0 Å². The summed E-state index contributed by atoms with van der Waals surface area (Å²) in [5.74, 6) is 0.956. The van der Waals surface area contributed by atoms with Gasteiger partial charge in [0.25, 0.3) is 0 Å². The maximum absolute atomic E-state index is 5.38. The van der Waals surface area contributed by atoms with Crippen molar-refractivity contribution < 1.29 is 4.52 Å². The Morgan fingerprint density at radius 1 is 1.28 bits per heavy atom. The first-order valence-corrected chi connectivity index (χ1v) is 6.59. The zero-order valence-corrected chi connectivity index (χ0v) is 10.5. The number of aryl methyl sites for hydroxylation is 2. The summed E-state index contributed by atoms with van der Waals surface area (Å²) in [4.78, 5) is 0. The average Bonchev–Trinajstić information content (AvgIpc) is 2.86. The lowest BCUT2D eigenvalue weighted by Crippen LogP contribution is -2.23. The van der Waals surface area contributed by atoms with Crippen molar-refractivity contribution in [3.05, 3.63) is 22.6 Å². The Morgan fingerprint density at radius 3 is 3.17 bits per heavy atom. The van der Waals surface area contributed by atoms with Crippen molar-refractivity contribution in [1.29, 1.82) is 0 Å². The maximum Gasteiger partial charge on any atom is 0.137 e. The minimum Gasteiger partial charge on any atom is -0.361 e. The van der Waals surface area contributed by atoms with Crippen LogP contribution in [0.2, 0.25) is 0 Å². The molecule has 18 heavy (non-hydrogen) atoms. The first-order valence-electron chi connectivity index (χ1n) is 6.59. The molecule has 0 spiro atoms. The average molecular weight is 244 g/mol. The highest BCUT2D eigenvalue weighted by atomic mass is 16.5. The van der Waals surface area contributed by atoms with Crippen molar-refractivity contribution in [3.63, 3.8) is 0 Å².